The molecule has 0 radical (unpaired) electrons. The van der Waals surface area contributed by atoms with Gasteiger partial charge >= 0.3 is 0 Å². The molecule has 0 fully saturated rings. The lowest BCUT2D eigenvalue weighted by atomic mass is 10.1. The van der Waals surface area contributed by atoms with Crippen molar-refractivity contribution in [1.82, 2.24) is 5.32 Å². The Labute approximate surface area is 117 Å². The van der Waals surface area contributed by atoms with E-state index in [0.29, 0.717) is 23.5 Å². The number of nitrogens with one attached hydrogen (secondary N) is 1. The van der Waals surface area contributed by atoms with E-state index in [4.69, 9.17) is 4.74 Å². The summed E-state index contributed by atoms with van der Waals surface area (Å²) in [6.45, 7) is 0.376. The molecule has 4 heteroatoms. The van der Waals surface area contributed by atoms with Gasteiger partial charge in [-0.15, -0.1) is 0 Å². The van der Waals surface area contributed by atoms with E-state index in [1.165, 1.54) is 0 Å². The van der Waals surface area contributed by atoms with Crippen LogP contribution < -0.4 is 10.1 Å². The Morgan fingerprint density at radius 3 is 2.60 bits per heavy atom. The van der Waals surface area contributed by atoms with Crippen LogP contribution in [0.2, 0.25) is 0 Å². The monoisotopic (exact) mass is 269 g/mol. The number of hydrogen-bond acceptors (Lipinski definition) is 3. The Balaban J connectivity index is 2.00. The Bertz CT molecular complexity index is 605. The van der Waals surface area contributed by atoms with Crippen molar-refractivity contribution in [1.29, 1.82) is 0 Å². The Morgan fingerprint density at radius 1 is 1.20 bits per heavy atom. The van der Waals surface area contributed by atoms with Crippen molar-refractivity contribution >= 4 is 12.2 Å². The van der Waals surface area contributed by atoms with E-state index in [1.54, 1.807) is 43.4 Å². The maximum atomic E-state index is 11.4. The third-order valence-corrected chi connectivity index (χ3v) is 2.84. The first-order valence-corrected chi connectivity index (χ1v) is 6.22. The number of carbonyl (C=O) groups is 2. The fourth-order valence-corrected chi connectivity index (χ4v) is 1.77. The summed E-state index contributed by atoms with van der Waals surface area (Å²) in [4.78, 5) is 22.1. The molecule has 0 saturated carbocycles. The van der Waals surface area contributed by atoms with Crippen LogP contribution in [0, 0.1) is 0 Å². The van der Waals surface area contributed by atoms with E-state index in [1.807, 2.05) is 12.1 Å². The van der Waals surface area contributed by atoms with Crippen molar-refractivity contribution in [3.63, 3.8) is 0 Å². The maximum Gasteiger partial charge on any atom is 0.251 e. The molecule has 0 saturated heterocycles. The number of ether oxygens (including phenoxy) is 1. The first-order valence-electron chi connectivity index (χ1n) is 6.22. The molecule has 2 rings (SSSR count). The molecular formula is C16H15NO3. The molecule has 0 aliphatic heterocycles. The van der Waals surface area contributed by atoms with Crippen LogP contribution in [0.15, 0.2) is 48.5 Å². The van der Waals surface area contributed by atoms with Crippen LogP contribution in [0.4, 0.5) is 0 Å². The highest BCUT2D eigenvalue weighted by Crippen LogP contribution is 2.14. The van der Waals surface area contributed by atoms with Gasteiger partial charge in [0.2, 0.25) is 0 Å². The molecule has 20 heavy (non-hydrogen) atoms. The largest absolute Gasteiger partial charge is 0.489 e. The zero-order valence-electron chi connectivity index (χ0n) is 11.1. The fourth-order valence-electron chi connectivity index (χ4n) is 1.77. The second-order valence-corrected chi connectivity index (χ2v) is 4.26. The first-order chi connectivity index (χ1) is 9.72. The van der Waals surface area contributed by atoms with Gasteiger partial charge in [0, 0.05) is 18.2 Å². The van der Waals surface area contributed by atoms with Crippen molar-refractivity contribution in [3.8, 4) is 5.75 Å². The molecule has 0 aliphatic rings. The van der Waals surface area contributed by atoms with Gasteiger partial charge < -0.3 is 10.1 Å². The van der Waals surface area contributed by atoms with Gasteiger partial charge in [-0.3, -0.25) is 9.59 Å². The smallest absolute Gasteiger partial charge is 0.251 e. The Morgan fingerprint density at radius 2 is 1.95 bits per heavy atom. The van der Waals surface area contributed by atoms with Gasteiger partial charge in [0.05, 0.1) is 0 Å². The van der Waals surface area contributed by atoms with Crippen molar-refractivity contribution in [2.45, 2.75) is 6.61 Å². The van der Waals surface area contributed by atoms with Crippen molar-refractivity contribution in [3.05, 3.63) is 65.2 Å². The number of aldehydes is 1. The van der Waals surface area contributed by atoms with Crippen molar-refractivity contribution < 1.29 is 14.3 Å². The molecule has 102 valence electrons. The van der Waals surface area contributed by atoms with Crippen molar-refractivity contribution in [2.24, 2.45) is 0 Å². The summed E-state index contributed by atoms with van der Waals surface area (Å²) in [5.74, 6) is 0.546. The standard InChI is InChI=1S/C16H15NO3/c1-17-16(19)14-5-7-15(8-6-14)20-11-13-4-2-3-12(9-13)10-18/h2-10H,11H2,1H3,(H,17,19). The van der Waals surface area contributed by atoms with E-state index in [0.717, 1.165) is 11.8 Å². The molecule has 1 amide bonds. The molecule has 0 spiro atoms. The molecule has 0 heterocycles. The molecule has 0 aliphatic carbocycles. The lowest BCUT2D eigenvalue weighted by Gasteiger charge is -2.07. The summed E-state index contributed by atoms with van der Waals surface area (Å²) in [7, 11) is 1.59. The van der Waals surface area contributed by atoms with Gasteiger partial charge in [-0.1, -0.05) is 18.2 Å². The van der Waals surface area contributed by atoms with Crippen LogP contribution in [-0.2, 0) is 6.61 Å². The summed E-state index contributed by atoms with van der Waals surface area (Å²) in [6, 6.07) is 14.1. The molecule has 4 nitrogen and oxygen atoms in total. The Kier molecular flexibility index (Phi) is 4.50. The lowest BCUT2D eigenvalue weighted by molar-refractivity contribution is 0.0962. The number of hydrogen-bond donors (Lipinski definition) is 1. The lowest BCUT2D eigenvalue weighted by Crippen LogP contribution is -2.17. The van der Waals surface area contributed by atoms with Crippen LogP contribution in [0.5, 0.6) is 5.75 Å². The van der Waals surface area contributed by atoms with Gasteiger partial charge in [0.25, 0.3) is 5.91 Å². The zero-order chi connectivity index (χ0) is 14.4. The molecule has 2 aromatic rings. The fraction of sp³-hybridized carbons (Fsp3) is 0.125. The van der Waals surface area contributed by atoms with Crippen LogP contribution in [0.3, 0.4) is 0 Å². The average molecular weight is 269 g/mol. The normalized spacial score (nSPS) is 9.85. The summed E-state index contributed by atoms with van der Waals surface area (Å²) >= 11 is 0. The summed E-state index contributed by atoms with van der Waals surface area (Å²) < 4.78 is 5.61. The second-order valence-electron chi connectivity index (χ2n) is 4.26. The quantitative estimate of drug-likeness (QED) is 0.848. The number of amides is 1. The first kappa shape index (κ1) is 13.8. The summed E-state index contributed by atoms with van der Waals surface area (Å²) in [5, 5.41) is 2.56. The van der Waals surface area contributed by atoms with Crippen molar-refractivity contribution in [2.75, 3.05) is 7.05 Å². The van der Waals surface area contributed by atoms with Gasteiger partial charge in [-0.25, -0.2) is 0 Å². The predicted octanol–water partition coefficient (Wildman–Crippen LogP) is 2.44. The average Bonchev–Trinajstić information content (AvgIpc) is 2.53. The topological polar surface area (TPSA) is 55.4 Å². The minimum atomic E-state index is -0.129. The maximum absolute atomic E-state index is 11.4. The van der Waals surface area contributed by atoms with Crippen LogP contribution in [0.1, 0.15) is 26.3 Å². The third kappa shape index (κ3) is 3.45. The molecule has 1 N–H and O–H groups in total. The van der Waals surface area contributed by atoms with E-state index in [2.05, 4.69) is 5.32 Å². The van der Waals surface area contributed by atoms with Gasteiger partial charge in [0.15, 0.2) is 0 Å². The molecule has 2 aromatic carbocycles. The molecular weight excluding hydrogens is 254 g/mol. The molecule has 0 bridgehead atoms. The highest BCUT2D eigenvalue weighted by Gasteiger charge is 2.03. The molecule has 0 atom stereocenters. The minimum absolute atomic E-state index is 0.129. The summed E-state index contributed by atoms with van der Waals surface area (Å²) in [6.07, 6.45) is 0.807. The van der Waals surface area contributed by atoms with E-state index in [9.17, 15) is 9.59 Å². The highest BCUT2D eigenvalue weighted by atomic mass is 16.5. The summed E-state index contributed by atoms with van der Waals surface area (Å²) in [5.41, 5.74) is 2.13. The van der Waals surface area contributed by atoms with Crippen LogP contribution in [0.25, 0.3) is 0 Å². The minimum Gasteiger partial charge on any atom is -0.489 e. The molecule has 0 unspecified atom stereocenters. The SMILES string of the molecule is CNC(=O)c1ccc(OCc2cccc(C=O)c2)cc1. The van der Waals surface area contributed by atoms with E-state index >= 15 is 0 Å². The number of rotatable bonds is 5. The molecule has 0 aromatic heterocycles. The van der Waals surface area contributed by atoms with Crippen LogP contribution in [-0.4, -0.2) is 19.2 Å². The zero-order valence-corrected chi connectivity index (χ0v) is 11.1. The van der Waals surface area contributed by atoms with Gasteiger partial charge in [-0.05, 0) is 35.9 Å². The second kappa shape index (κ2) is 6.52. The highest BCUT2D eigenvalue weighted by molar-refractivity contribution is 5.94. The van der Waals surface area contributed by atoms with E-state index < -0.39 is 0 Å². The Hall–Kier alpha value is -2.62. The predicted molar refractivity (Wildman–Crippen MR) is 76.0 cm³/mol. The third-order valence-electron chi connectivity index (χ3n) is 2.84. The van der Waals surface area contributed by atoms with Crippen LogP contribution >= 0.6 is 0 Å². The van der Waals surface area contributed by atoms with Gasteiger partial charge in [0.1, 0.15) is 18.6 Å². The van der Waals surface area contributed by atoms with E-state index in [-0.39, 0.29) is 5.91 Å². The number of carbonyl (C=O) groups excluding carboxylic acids is 2. The number of benzene rings is 2. The van der Waals surface area contributed by atoms with Gasteiger partial charge in [-0.2, -0.15) is 0 Å².